The van der Waals surface area contributed by atoms with Gasteiger partial charge in [-0.05, 0) is 24.0 Å². The quantitative estimate of drug-likeness (QED) is 0.676. The maximum absolute atomic E-state index is 10.4. The Hall–Kier alpha value is -1.39. The van der Waals surface area contributed by atoms with Crippen molar-refractivity contribution in [3.63, 3.8) is 0 Å². The normalized spacial score (nSPS) is 12.4. The van der Waals surface area contributed by atoms with Crippen molar-refractivity contribution < 1.29 is 20.1 Å². The zero-order valence-electron chi connectivity index (χ0n) is 8.97. The highest BCUT2D eigenvalue weighted by Crippen LogP contribution is 2.19. The van der Waals surface area contributed by atoms with Crippen molar-refractivity contribution in [3.8, 4) is 0 Å². The zero-order valence-corrected chi connectivity index (χ0v) is 8.97. The van der Waals surface area contributed by atoms with Gasteiger partial charge < -0.3 is 15.3 Å². The van der Waals surface area contributed by atoms with Crippen LogP contribution in [0.3, 0.4) is 0 Å². The van der Waals surface area contributed by atoms with Gasteiger partial charge in [-0.3, -0.25) is 4.79 Å². The number of aliphatic hydroxyl groups is 2. The molecule has 0 saturated carbocycles. The van der Waals surface area contributed by atoms with Gasteiger partial charge >= 0.3 is 5.97 Å². The van der Waals surface area contributed by atoms with E-state index < -0.39 is 12.1 Å². The number of carboxylic acid groups (broad SMARTS) is 1. The van der Waals surface area contributed by atoms with Gasteiger partial charge in [-0.1, -0.05) is 24.3 Å². The number of aryl methyl sites for hydroxylation is 1. The summed E-state index contributed by atoms with van der Waals surface area (Å²) in [4.78, 5) is 10.4. The fourth-order valence-corrected chi connectivity index (χ4v) is 1.62. The Morgan fingerprint density at radius 1 is 1.31 bits per heavy atom. The number of hydrogen-bond donors (Lipinski definition) is 3. The van der Waals surface area contributed by atoms with Crippen molar-refractivity contribution in [1.29, 1.82) is 0 Å². The number of hydrogen-bond acceptors (Lipinski definition) is 3. The fraction of sp³-hybridized carbons (Fsp3) is 0.417. The molecular formula is C12H16O4. The van der Waals surface area contributed by atoms with Crippen molar-refractivity contribution in [1.82, 2.24) is 0 Å². The topological polar surface area (TPSA) is 77.8 Å². The van der Waals surface area contributed by atoms with Crippen molar-refractivity contribution in [2.24, 2.45) is 0 Å². The molecule has 1 atom stereocenters. The molecule has 4 heteroatoms. The first kappa shape index (κ1) is 12.7. The summed E-state index contributed by atoms with van der Waals surface area (Å²) in [5, 5.41) is 27.0. The standard InChI is InChI=1S/C12H16O4/c13-8-11(14)10-6-2-1-4-9(10)5-3-7-12(15)16/h1-2,4,6,11,13-14H,3,5,7-8H2,(H,15,16). The Labute approximate surface area is 94.2 Å². The minimum Gasteiger partial charge on any atom is -0.481 e. The third-order valence-corrected chi connectivity index (χ3v) is 2.42. The summed E-state index contributed by atoms with van der Waals surface area (Å²) in [5.74, 6) is -0.819. The first-order valence-electron chi connectivity index (χ1n) is 5.23. The van der Waals surface area contributed by atoms with Crippen molar-refractivity contribution in [3.05, 3.63) is 35.4 Å². The van der Waals surface area contributed by atoms with Crippen molar-refractivity contribution in [2.75, 3.05) is 6.61 Å². The SMILES string of the molecule is O=C(O)CCCc1ccccc1C(O)CO. The van der Waals surface area contributed by atoms with Gasteiger partial charge in [-0.2, -0.15) is 0 Å². The van der Waals surface area contributed by atoms with E-state index in [1.54, 1.807) is 12.1 Å². The molecule has 0 aliphatic heterocycles. The Kier molecular flexibility index (Phi) is 4.95. The van der Waals surface area contributed by atoms with Crippen LogP contribution in [0, 0.1) is 0 Å². The van der Waals surface area contributed by atoms with E-state index in [9.17, 15) is 9.90 Å². The minimum absolute atomic E-state index is 0.115. The Bertz CT molecular complexity index is 349. The van der Waals surface area contributed by atoms with E-state index in [1.807, 2.05) is 12.1 Å². The lowest BCUT2D eigenvalue weighted by molar-refractivity contribution is -0.137. The molecule has 0 saturated heterocycles. The maximum atomic E-state index is 10.4. The van der Waals surface area contributed by atoms with Crippen LogP contribution in [0.25, 0.3) is 0 Å². The lowest BCUT2D eigenvalue weighted by Gasteiger charge is -2.12. The molecule has 3 N–H and O–H groups in total. The molecule has 0 fully saturated rings. The first-order chi connectivity index (χ1) is 7.65. The van der Waals surface area contributed by atoms with Gasteiger partial charge in [-0.15, -0.1) is 0 Å². The van der Waals surface area contributed by atoms with Crippen LogP contribution in [-0.2, 0) is 11.2 Å². The van der Waals surface area contributed by atoms with Crippen molar-refractivity contribution in [2.45, 2.75) is 25.4 Å². The van der Waals surface area contributed by atoms with E-state index in [0.717, 1.165) is 5.56 Å². The number of aliphatic carboxylic acids is 1. The molecule has 0 radical (unpaired) electrons. The van der Waals surface area contributed by atoms with E-state index in [4.69, 9.17) is 10.2 Å². The van der Waals surface area contributed by atoms with Crippen molar-refractivity contribution >= 4 is 5.97 Å². The summed E-state index contributed by atoms with van der Waals surface area (Å²) in [6.45, 7) is -0.323. The number of aliphatic hydroxyl groups excluding tert-OH is 2. The van der Waals surface area contributed by atoms with Crippen LogP contribution in [0.4, 0.5) is 0 Å². The molecule has 1 aromatic rings. The number of carboxylic acids is 1. The van der Waals surface area contributed by atoms with Gasteiger partial charge in [0, 0.05) is 6.42 Å². The van der Waals surface area contributed by atoms with E-state index in [2.05, 4.69) is 0 Å². The van der Waals surface area contributed by atoms with E-state index >= 15 is 0 Å². The molecule has 1 unspecified atom stereocenters. The summed E-state index contributed by atoms with van der Waals surface area (Å²) >= 11 is 0. The molecule has 1 aromatic carbocycles. The third-order valence-electron chi connectivity index (χ3n) is 2.42. The Morgan fingerprint density at radius 2 is 2.00 bits per heavy atom. The highest BCUT2D eigenvalue weighted by atomic mass is 16.4. The van der Waals surface area contributed by atoms with Crippen LogP contribution in [0.15, 0.2) is 24.3 Å². The Balaban J connectivity index is 2.67. The van der Waals surface area contributed by atoms with Gasteiger partial charge in [0.2, 0.25) is 0 Å². The molecule has 0 bridgehead atoms. The summed E-state index contributed by atoms with van der Waals surface area (Å²) in [6, 6.07) is 7.21. The molecule has 0 spiro atoms. The van der Waals surface area contributed by atoms with Gasteiger partial charge in [0.15, 0.2) is 0 Å². The summed E-state index contributed by atoms with van der Waals surface area (Å²) in [6.07, 6.45) is 0.356. The number of rotatable bonds is 6. The largest absolute Gasteiger partial charge is 0.481 e. The van der Waals surface area contributed by atoms with Crippen LogP contribution in [-0.4, -0.2) is 27.9 Å². The smallest absolute Gasteiger partial charge is 0.303 e. The number of benzene rings is 1. The first-order valence-corrected chi connectivity index (χ1v) is 5.23. The van der Waals surface area contributed by atoms with Gasteiger partial charge in [-0.25, -0.2) is 0 Å². The average Bonchev–Trinajstić information content (AvgIpc) is 2.28. The zero-order chi connectivity index (χ0) is 12.0. The second-order valence-electron chi connectivity index (χ2n) is 3.64. The van der Waals surface area contributed by atoms with E-state index in [-0.39, 0.29) is 13.0 Å². The molecule has 4 nitrogen and oxygen atoms in total. The lowest BCUT2D eigenvalue weighted by Crippen LogP contribution is -2.06. The van der Waals surface area contributed by atoms with Crippen LogP contribution >= 0.6 is 0 Å². The molecule has 0 aliphatic carbocycles. The second kappa shape index (κ2) is 6.25. The maximum Gasteiger partial charge on any atom is 0.303 e. The predicted molar refractivity (Wildman–Crippen MR) is 59.1 cm³/mol. The summed E-state index contributed by atoms with van der Waals surface area (Å²) in [7, 11) is 0. The summed E-state index contributed by atoms with van der Waals surface area (Å²) < 4.78 is 0. The van der Waals surface area contributed by atoms with Crippen LogP contribution < -0.4 is 0 Å². The van der Waals surface area contributed by atoms with Crippen LogP contribution in [0.5, 0.6) is 0 Å². The van der Waals surface area contributed by atoms with Gasteiger partial charge in [0.25, 0.3) is 0 Å². The fourth-order valence-electron chi connectivity index (χ4n) is 1.62. The summed E-state index contributed by atoms with van der Waals surface area (Å²) in [5.41, 5.74) is 1.57. The highest BCUT2D eigenvalue weighted by molar-refractivity contribution is 5.66. The van der Waals surface area contributed by atoms with Crippen LogP contribution in [0.2, 0.25) is 0 Å². The molecule has 1 rings (SSSR count). The predicted octanol–water partition coefficient (Wildman–Crippen LogP) is 1.12. The Morgan fingerprint density at radius 3 is 2.62 bits per heavy atom. The highest BCUT2D eigenvalue weighted by Gasteiger charge is 2.10. The average molecular weight is 224 g/mol. The monoisotopic (exact) mass is 224 g/mol. The molecular weight excluding hydrogens is 208 g/mol. The molecule has 16 heavy (non-hydrogen) atoms. The lowest BCUT2D eigenvalue weighted by atomic mass is 9.98. The minimum atomic E-state index is -0.888. The molecule has 0 aliphatic rings. The number of carbonyl (C=O) groups is 1. The van der Waals surface area contributed by atoms with E-state index in [1.165, 1.54) is 0 Å². The molecule has 0 aromatic heterocycles. The molecule has 0 amide bonds. The third kappa shape index (κ3) is 3.64. The van der Waals surface area contributed by atoms with Gasteiger partial charge in [0.05, 0.1) is 6.61 Å². The molecule has 0 heterocycles. The van der Waals surface area contributed by atoms with Gasteiger partial charge in [0.1, 0.15) is 6.10 Å². The van der Waals surface area contributed by atoms with Crippen LogP contribution in [0.1, 0.15) is 30.1 Å². The second-order valence-corrected chi connectivity index (χ2v) is 3.64. The van der Waals surface area contributed by atoms with E-state index in [0.29, 0.717) is 18.4 Å². The molecule has 88 valence electrons.